The molecule has 1 aromatic rings. The zero-order valence-electron chi connectivity index (χ0n) is 11.2. The first-order valence-corrected chi connectivity index (χ1v) is 7.00. The molecule has 1 fully saturated rings. The normalized spacial score (nSPS) is 18.8. The Balaban J connectivity index is 1.91. The molecule has 3 heteroatoms. The van der Waals surface area contributed by atoms with Crippen LogP contribution in [-0.2, 0) is 6.54 Å². The molecule has 17 heavy (non-hydrogen) atoms. The Kier molecular flexibility index (Phi) is 4.21. The van der Waals surface area contributed by atoms with E-state index in [4.69, 9.17) is 5.73 Å². The molecule has 1 atom stereocenters. The SMILES string of the molecule is CCn1nc(C)cc1C(N)CCC1CCCC1. The Morgan fingerprint density at radius 3 is 2.82 bits per heavy atom. The molecular weight excluding hydrogens is 210 g/mol. The molecule has 1 heterocycles. The highest BCUT2D eigenvalue weighted by Gasteiger charge is 2.18. The van der Waals surface area contributed by atoms with E-state index in [1.165, 1.54) is 37.8 Å². The highest BCUT2D eigenvalue weighted by atomic mass is 15.3. The van der Waals surface area contributed by atoms with E-state index < -0.39 is 0 Å². The second-order valence-corrected chi connectivity index (χ2v) is 5.36. The Bertz CT molecular complexity index is 350. The van der Waals surface area contributed by atoms with Gasteiger partial charge in [-0.15, -0.1) is 0 Å². The number of nitrogens with zero attached hydrogens (tertiary/aromatic N) is 2. The highest BCUT2D eigenvalue weighted by Crippen LogP contribution is 2.30. The molecule has 1 aliphatic carbocycles. The predicted molar refractivity (Wildman–Crippen MR) is 70.8 cm³/mol. The minimum atomic E-state index is 0.164. The van der Waals surface area contributed by atoms with Crippen LogP contribution < -0.4 is 5.73 Å². The Hall–Kier alpha value is -0.830. The molecule has 2 rings (SSSR count). The zero-order chi connectivity index (χ0) is 12.3. The van der Waals surface area contributed by atoms with E-state index in [1.807, 2.05) is 6.92 Å². The molecule has 1 saturated carbocycles. The van der Waals surface area contributed by atoms with Crippen molar-refractivity contribution < 1.29 is 0 Å². The highest BCUT2D eigenvalue weighted by molar-refractivity contribution is 5.12. The molecule has 1 aliphatic rings. The molecule has 1 unspecified atom stereocenters. The number of rotatable bonds is 5. The second kappa shape index (κ2) is 5.67. The van der Waals surface area contributed by atoms with Crippen LogP contribution in [0, 0.1) is 12.8 Å². The van der Waals surface area contributed by atoms with Crippen LogP contribution in [-0.4, -0.2) is 9.78 Å². The standard InChI is InChI=1S/C14H25N3/c1-3-17-14(10-11(2)16-17)13(15)9-8-12-6-4-5-7-12/h10,12-13H,3-9,15H2,1-2H3. The molecular formula is C14H25N3. The average Bonchev–Trinajstić information content (AvgIpc) is 2.94. The number of aryl methyl sites for hydroxylation is 2. The molecule has 96 valence electrons. The van der Waals surface area contributed by atoms with E-state index >= 15 is 0 Å². The summed E-state index contributed by atoms with van der Waals surface area (Å²) in [4.78, 5) is 0. The van der Waals surface area contributed by atoms with Crippen LogP contribution in [0.1, 0.15) is 62.9 Å². The van der Waals surface area contributed by atoms with E-state index in [0.29, 0.717) is 0 Å². The third-order valence-corrected chi connectivity index (χ3v) is 3.97. The lowest BCUT2D eigenvalue weighted by Gasteiger charge is -2.15. The lowest BCUT2D eigenvalue weighted by molar-refractivity contribution is 0.439. The van der Waals surface area contributed by atoms with Crippen LogP contribution in [0.15, 0.2) is 6.07 Å². The number of nitrogens with two attached hydrogens (primary N) is 1. The molecule has 1 aromatic heterocycles. The maximum absolute atomic E-state index is 6.30. The molecule has 0 spiro atoms. The van der Waals surface area contributed by atoms with Crippen LogP contribution in [0.2, 0.25) is 0 Å². The van der Waals surface area contributed by atoms with Gasteiger partial charge < -0.3 is 5.73 Å². The van der Waals surface area contributed by atoms with Gasteiger partial charge in [0.25, 0.3) is 0 Å². The molecule has 0 aromatic carbocycles. The summed E-state index contributed by atoms with van der Waals surface area (Å²) in [7, 11) is 0. The molecule has 2 N–H and O–H groups in total. The Morgan fingerprint density at radius 2 is 2.18 bits per heavy atom. The van der Waals surface area contributed by atoms with Crippen LogP contribution in [0.5, 0.6) is 0 Å². The van der Waals surface area contributed by atoms with Crippen molar-refractivity contribution in [2.75, 3.05) is 0 Å². The summed E-state index contributed by atoms with van der Waals surface area (Å²) in [5, 5.41) is 4.47. The van der Waals surface area contributed by atoms with Gasteiger partial charge >= 0.3 is 0 Å². The monoisotopic (exact) mass is 235 g/mol. The summed E-state index contributed by atoms with van der Waals surface area (Å²) in [6.07, 6.45) is 8.07. The van der Waals surface area contributed by atoms with E-state index in [9.17, 15) is 0 Å². The third kappa shape index (κ3) is 3.09. The Morgan fingerprint density at radius 1 is 1.47 bits per heavy atom. The number of aromatic nitrogens is 2. The first-order chi connectivity index (χ1) is 8.20. The summed E-state index contributed by atoms with van der Waals surface area (Å²) >= 11 is 0. The van der Waals surface area contributed by atoms with Crippen LogP contribution in [0.4, 0.5) is 0 Å². The van der Waals surface area contributed by atoms with Crippen LogP contribution >= 0.6 is 0 Å². The van der Waals surface area contributed by atoms with Gasteiger partial charge in [0.1, 0.15) is 0 Å². The molecule has 0 amide bonds. The summed E-state index contributed by atoms with van der Waals surface area (Å²) in [5.41, 5.74) is 8.59. The fourth-order valence-corrected chi connectivity index (χ4v) is 2.98. The molecule has 0 aliphatic heterocycles. The fraction of sp³-hybridized carbons (Fsp3) is 0.786. The van der Waals surface area contributed by atoms with Gasteiger partial charge in [-0.25, -0.2) is 0 Å². The van der Waals surface area contributed by atoms with Gasteiger partial charge in [0, 0.05) is 12.6 Å². The van der Waals surface area contributed by atoms with Gasteiger partial charge in [-0.05, 0) is 38.7 Å². The minimum absolute atomic E-state index is 0.164. The maximum atomic E-state index is 6.30. The maximum Gasteiger partial charge on any atom is 0.0597 e. The predicted octanol–water partition coefficient (Wildman–Crippen LogP) is 3.18. The lowest BCUT2D eigenvalue weighted by Crippen LogP contribution is -2.16. The first kappa shape index (κ1) is 12.6. The van der Waals surface area contributed by atoms with Crippen molar-refractivity contribution in [1.82, 2.24) is 9.78 Å². The Labute approximate surface area is 104 Å². The summed E-state index contributed by atoms with van der Waals surface area (Å²) in [6, 6.07) is 2.31. The molecule has 0 bridgehead atoms. The van der Waals surface area contributed by atoms with Crippen molar-refractivity contribution in [2.45, 2.75) is 65.0 Å². The lowest BCUT2D eigenvalue weighted by atomic mass is 9.97. The van der Waals surface area contributed by atoms with Gasteiger partial charge in [-0.1, -0.05) is 25.7 Å². The number of hydrogen-bond acceptors (Lipinski definition) is 2. The molecule has 3 nitrogen and oxygen atoms in total. The van der Waals surface area contributed by atoms with Crippen LogP contribution in [0.3, 0.4) is 0 Å². The van der Waals surface area contributed by atoms with Crippen molar-refractivity contribution in [2.24, 2.45) is 11.7 Å². The average molecular weight is 235 g/mol. The van der Waals surface area contributed by atoms with Gasteiger partial charge in [0.2, 0.25) is 0 Å². The smallest absolute Gasteiger partial charge is 0.0597 e. The zero-order valence-corrected chi connectivity index (χ0v) is 11.2. The van der Waals surface area contributed by atoms with Gasteiger partial charge in [0.15, 0.2) is 0 Å². The van der Waals surface area contributed by atoms with Crippen molar-refractivity contribution in [1.29, 1.82) is 0 Å². The molecule has 0 radical (unpaired) electrons. The molecule has 0 saturated heterocycles. The summed E-state index contributed by atoms with van der Waals surface area (Å²) in [5.74, 6) is 0.931. The van der Waals surface area contributed by atoms with E-state index in [1.54, 1.807) is 0 Å². The number of hydrogen-bond donors (Lipinski definition) is 1. The van der Waals surface area contributed by atoms with Crippen molar-refractivity contribution in [3.8, 4) is 0 Å². The summed E-state index contributed by atoms with van der Waals surface area (Å²) in [6.45, 7) is 5.08. The summed E-state index contributed by atoms with van der Waals surface area (Å²) < 4.78 is 2.05. The van der Waals surface area contributed by atoms with Crippen molar-refractivity contribution in [3.05, 3.63) is 17.5 Å². The van der Waals surface area contributed by atoms with E-state index in [2.05, 4.69) is 22.8 Å². The largest absolute Gasteiger partial charge is 0.323 e. The quantitative estimate of drug-likeness (QED) is 0.851. The first-order valence-electron chi connectivity index (χ1n) is 7.00. The van der Waals surface area contributed by atoms with E-state index in [0.717, 1.165) is 24.6 Å². The van der Waals surface area contributed by atoms with Crippen molar-refractivity contribution >= 4 is 0 Å². The third-order valence-electron chi connectivity index (χ3n) is 3.97. The fourth-order valence-electron chi connectivity index (χ4n) is 2.98. The van der Waals surface area contributed by atoms with E-state index in [-0.39, 0.29) is 6.04 Å². The van der Waals surface area contributed by atoms with Crippen molar-refractivity contribution in [3.63, 3.8) is 0 Å². The second-order valence-electron chi connectivity index (χ2n) is 5.36. The van der Waals surface area contributed by atoms with Gasteiger partial charge in [-0.2, -0.15) is 5.10 Å². The van der Waals surface area contributed by atoms with Gasteiger partial charge in [-0.3, -0.25) is 4.68 Å². The minimum Gasteiger partial charge on any atom is -0.323 e. The van der Waals surface area contributed by atoms with Crippen LogP contribution in [0.25, 0.3) is 0 Å². The topological polar surface area (TPSA) is 43.8 Å². The van der Waals surface area contributed by atoms with Gasteiger partial charge in [0.05, 0.1) is 11.4 Å².